The van der Waals surface area contributed by atoms with Crippen LogP contribution in [0.5, 0.6) is 0 Å². The largest absolute Gasteiger partial charge is 0.322 e. The number of amides is 1. The molecule has 3 rings (SSSR count). The monoisotopic (exact) mass is 417 g/mol. The van der Waals surface area contributed by atoms with Gasteiger partial charge in [-0.25, -0.2) is 8.42 Å². The van der Waals surface area contributed by atoms with E-state index in [-0.39, 0.29) is 21.8 Å². The summed E-state index contributed by atoms with van der Waals surface area (Å²) in [5.41, 5.74) is 1.49. The fourth-order valence-electron chi connectivity index (χ4n) is 3.34. The first-order chi connectivity index (χ1) is 13.7. The molecule has 0 spiro atoms. The fraction of sp³-hybridized carbons (Fsp3) is 0.350. The van der Waals surface area contributed by atoms with Gasteiger partial charge >= 0.3 is 0 Å². The number of aryl methyl sites for hydroxylation is 2. The molecule has 0 atom stereocenters. The molecule has 0 unspecified atom stereocenters. The van der Waals surface area contributed by atoms with Crippen molar-refractivity contribution in [2.24, 2.45) is 0 Å². The van der Waals surface area contributed by atoms with Gasteiger partial charge in [0, 0.05) is 36.0 Å². The summed E-state index contributed by atoms with van der Waals surface area (Å²) in [6.45, 7) is 4.28. The van der Waals surface area contributed by atoms with Crippen molar-refractivity contribution in [1.82, 2.24) is 4.31 Å². The third-order valence-corrected chi connectivity index (χ3v) is 6.96. The Hall–Kier alpha value is -2.78. The quantitative estimate of drug-likeness (QED) is 0.590. The van der Waals surface area contributed by atoms with Gasteiger partial charge in [-0.15, -0.1) is 0 Å². The van der Waals surface area contributed by atoms with Crippen LogP contribution in [0, 0.1) is 24.0 Å². The van der Waals surface area contributed by atoms with Crippen LogP contribution in [0.15, 0.2) is 41.3 Å². The number of nitro benzene ring substituents is 1. The number of piperidine rings is 1. The molecule has 2 aromatic rings. The predicted octanol–water partition coefficient (Wildman–Crippen LogP) is 3.64. The van der Waals surface area contributed by atoms with Crippen molar-refractivity contribution in [3.63, 3.8) is 0 Å². The molecule has 2 aromatic carbocycles. The molecular weight excluding hydrogens is 394 g/mol. The Morgan fingerprint density at radius 1 is 1.03 bits per heavy atom. The second-order valence-corrected chi connectivity index (χ2v) is 9.09. The first-order valence-corrected chi connectivity index (χ1v) is 10.8. The minimum Gasteiger partial charge on any atom is -0.322 e. The van der Waals surface area contributed by atoms with Gasteiger partial charge in [-0.05, 0) is 50.5 Å². The second kappa shape index (κ2) is 8.30. The number of carbonyl (C=O) groups excluding carboxylic acids is 1. The van der Waals surface area contributed by atoms with Gasteiger partial charge in [-0.1, -0.05) is 18.6 Å². The van der Waals surface area contributed by atoms with Crippen molar-refractivity contribution in [2.75, 3.05) is 18.4 Å². The number of anilines is 1. The summed E-state index contributed by atoms with van der Waals surface area (Å²) in [6, 6.07) is 8.89. The molecule has 154 valence electrons. The van der Waals surface area contributed by atoms with E-state index in [0.29, 0.717) is 24.2 Å². The van der Waals surface area contributed by atoms with Crippen LogP contribution in [-0.2, 0) is 10.0 Å². The summed E-state index contributed by atoms with van der Waals surface area (Å²) in [6.07, 6.45) is 2.66. The Morgan fingerprint density at radius 2 is 1.69 bits per heavy atom. The Morgan fingerprint density at radius 3 is 2.34 bits per heavy atom. The van der Waals surface area contributed by atoms with Gasteiger partial charge in [0.15, 0.2) is 0 Å². The topological polar surface area (TPSA) is 110 Å². The van der Waals surface area contributed by atoms with Crippen LogP contribution in [-0.4, -0.2) is 36.6 Å². The lowest BCUT2D eigenvalue weighted by Gasteiger charge is -2.26. The highest BCUT2D eigenvalue weighted by atomic mass is 32.2. The lowest BCUT2D eigenvalue weighted by molar-refractivity contribution is -0.385. The van der Waals surface area contributed by atoms with E-state index in [9.17, 15) is 23.3 Å². The maximum Gasteiger partial charge on any atom is 0.274 e. The van der Waals surface area contributed by atoms with Gasteiger partial charge in [0.25, 0.3) is 11.6 Å². The molecular formula is C20H23N3O5S. The summed E-state index contributed by atoms with van der Waals surface area (Å²) < 4.78 is 27.3. The lowest BCUT2D eigenvalue weighted by atomic mass is 10.1. The van der Waals surface area contributed by atoms with E-state index < -0.39 is 20.9 Å². The summed E-state index contributed by atoms with van der Waals surface area (Å²) in [7, 11) is -3.67. The van der Waals surface area contributed by atoms with Crippen molar-refractivity contribution in [1.29, 1.82) is 0 Å². The van der Waals surface area contributed by atoms with E-state index in [1.807, 2.05) is 0 Å². The van der Waals surface area contributed by atoms with Crippen molar-refractivity contribution in [3.05, 3.63) is 63.2 Å². The van der Waals surface area contributed by atoms with Crippen LogP contribution >= 0.6 is 0 Å². The Balaban J connectivity index is 1.89. The van der Waals surface area contributed by atoms with Gasteiger partial charge in [0.1, 0.15) is 0 Å². The summed E-state index contributed by atoms with van der Waals surface area (Å²) in [5, 5.41) is 13.7. The van der Waals surface area contributed by atoms with Crippen LogP contribution in [0.2, 0.25) is 0 Å². The molecule has 1 amide bonds. The molecule has 1 heterocycles. The van der Waals surface area contributed by atoms with Crippen molar-refractivity contribution in [3.8, 4) is 0 Å². The van der Waals surface area contributed by atoms with Crippen molar-refractivity contribution < 1.29 is 18.1 Å². The van der Waals surface area contributed by atoms with Crippen LogP contribution in [0.1, 0.15) is 40.7 Å². The SMILES string of the molecule is Cc1ccc(S(=O)(=O)N2CCCCC2)cc1C(=O)Nc1ccc(C)c([N+](=O)[O-])c1. The highest BCUT2D eigenvalue weighted by Crippen LogP contribution is 2.25. The Labute approximate surface area is 169 Å². The van der Waals surface area contributed by atoms with Gasteiger partial charge in [-0.2, -0.15) is 4.31 Å². The molecule has 1 N–H and O–H groups in total. The summed E-state index contributed by atoms with van der Waals surface area (Å²) in [4.78, 5) is 23.4. The maximum atomic E-state index is 12.9. The molecule has 9 heteroatoms. The number of hydrogen-bond donors (Lipinski definition) is 1. The average molecular weight is 417 g/mol. The minimum atomic E-state index is -3.67. The van der Waals surface area contributed by atoms with Gasteiger partial charge in [0.05, 0.1) is 9.82 Å². The third-order valence-electron chi connectivity index (χ3n) is 5.07. The molecule has 0 saturated carbocycles. The minimum absolute atomic E-state index is 0.0741. The van der Waals surface area contributed by atoms with Gasteiger partial charge in [0.2, 0.25) is 10.0 Å². The van der Waals surface area contributed by atoms with E-state index in [0.717, 1.165) is 19.3 Å². The lowest BCUT2D eigenvalue weighted by Crippen LogP contribution is -2.35. The number of carbonyl (C=O) groups is 1. The Kier molecular flexibility index (Phi) is 5.99. The molecule has 1 aliphatic heterocycles. The fourth-order valence-corrected chi connectivity index (χ4v) is 4.89. The number of nitrogens with zero attached hydrogens (tertiary/aromatic N) is 2. The second-order valence-electron chi connectivity index (χ2n) is 7.15. The standard InChI is InChI=1S/C20H23N3O5S/c1-14-7-9-17(29(27,28)22-10-4-3-5-11-22)13-18(14)20(24)21-16-8-6-15(2)19(12-16)23(25)26/h6-9,12-13H,3-5,10-11H2,1-2H3,(H,21,24). The smallest absolute Gasteiger partial charge is 0.274 e. The number of nitrogens with one attached hydrogen (secondary N) is 1. The molecule has 0 aliphatic carbocycles. The molecule has 1 aliphatic rings. The number of rotatable bonds is 5. The molecule has 0 aromatic heterocycles. The first-order valence-electron chi connectivity index (χ1n) is 9.37. The van der Waals surface area contributed by atoms with E-state index in [1.165, 1.54) is 22.5 Å². The zero-order valence-electron chi connectivity index (χ0n) is 16.3. The van der Waals surface area contributed by atoms with Crippen LogP contribution in [0.25, 0.3) is 0 Å². The summed E-state index contributed by atoms with van der Waals surface area (Å²) >= 11 is 0. The number of benzene rings is 2. The van der Waals surface area contributed by atoms with Crippen LogP contribution in [0.4, 0.5) is 11.4 Å². The van der Waals surface area contributed by atoms with Gasteiger partial charge in [-0.3, -0.25) is 14.9 Å². The molecule has 29 heavy (non-hydrogen) atoms. The van der Waals surface area contributed by atoms with Crippen LogP contribution in [0.3, 0.4) is 0 Å². The average Bonchev–Trinajstić information content (AvgIpc) is 2.70. The van der Waals surface area contributed by atoms with E-state index in [4.69, 9.17) is 0 Å². The maximum absolute atomic E-state index is 12.9. The highest BCUT2D eigenvalue weighted by Gasteiger charge is 2.27. The highest BCUT2D eigenvalue weighted by molar-refractivity contribution is 7.89. The number of sulfonamides is 1. The third kappa shape index (κ3) is 4.46. The van der Waals surface area contributed by atoms with Crippen LogP contribution < -0.4 is 5.32 Å². The zero-order chi connectivity index (χ0) is 21.2. The summed E-state index contributed by atoms with van der Waals surface area (Å²) in [5.74, 6) is -0.517. The Bertz CT molecular complexity index is 1060. The first kappa shape index (κ1) is 20.9. The normalized spacial score (nSPS) is 15.1. The van der Waals surface area contributed by atoms with Crippen molar-refractivity contribution >= 4 is 27.3 Å². The number of hydrogen-bond acceptors (Lipinski definition) is 5. The van der Waals surface area contributed by atoms with Gasteiger partial charge < -0.3 is 5.32 Å². The van der Waals surface area contributed by atoms with Crippen molar-refractivity contribution in [2.45, 2.75) is 38.0 Å². The molecule has 0 bridgehead atoms. The van der Waals surface area contributed by atoms with E-state index in [1.54, 1.807) is 32.0 Å². The number of nitro groups is 1. The zero-order valence-corrected chi connectivity index (χ0v) is 17.2. The molecule has 1 saturated heterocycles. The molecule has 1 fully saturated rings. The predicted molar refractivity (Wildman–Crippen MR) is 110 cm³/mol. The molecule has 8 nitrogen and oxygen atoms in total. The van der Waals surface area contributed by atoms with E-state index >= 15 is 0 Å². The molecule has 0 radical (unpaired) electrons. The van der Waals surface area contributed by atoms with E-state index in [2.05, 4.69) is 5.32 Å².